The van der Waals surface area contributed by atoms with Gasteiger partial charge in [0.2, 0.25) is 11.8 Å². The quantitative estimate of drug-likeness (QED) is 0.649. The molecule has 2 amide bonds. The summed E-state index contributed by atoms with van der Waals surface area (Å²) in [6.07, 6.45) is 0.357. The molecule has 0 spiro atoms. The molecule has 0 aliphatic carbocycles. The summed E-state index contributed by atoms with van der Waals surface area (Å²) in [4.78, 5) is 25.0. The molecule has 1 aliphatic rings. The van der Waals surface area contributed by atoms with Crippen LogP contribution < -0.4 is 5.32 Å². The van der Waals surface area contributed by atoms with Crippen LogP contribution in [0.5, 0.6) is 0 Å². The van der Waals surface area contributed by atoms with Gasteiger partial charge in [-0.15, -0.1) is 0 Å². The first-order valence-electron chi connectivity index (χ1n) is 5.24. The largest absolute Gasteiger partial charge is 0.354 e. The molecule has 1 saturated heterocycles. The topological polar surface area (TPSA) is 49.4 Å². The SMILES string of the molecule is CC(=O)N1C(C)(C)CNC(=O)CC1(C)C. The van der Waals surface area contributed by atoms with E-state index in [9.17, 15) is 9.59 Å². The number of rotatable bonds is 0. The van der Waals surface area contributed by atoms with Gasteiger partial charge in [0.1, 0.15) is 0 Å². The Labute approximate surface area is 91.0 Å². The molecule has 15 heavy (non-hydrogen) atoms. The summed E-state index contributed by atoms with van der Waals surface area (Å²) in [6, 6.07) is 0. The monoisotopic (exact) mass is 212 g/mol. The van der Waals surface area contributed by atoms with Gasteiger partial charge < -0.3 is 10.2 Å². The Morgan fingerprint density at radius 3 is 2.27 bits per heavy atom. The van der Waals surface area contributed by atoms with Crippen LogP contribution in [0, 0.1) is 0 Å². The molecule has 0 aromatic carbocycles. The van der Waals surface area contributed by atoms with Crippen molar-refractivity contribution in [1.82, 2.24) is 10.2 Å². The number of amides is 2. The molecule has 86 valence electrons. The Balaban J connectivity index is 3.13. The summed E-state index contributed by atoms with van der Waals surface area (Å²) >= 11 is 0. The Kier molecular flexibility index (Phi) is 2.81. The number of hydrogen-bond acceptors (Lipinski definition) is 2. The molecule has 0 radical (unpaired) electrons. The summed E-state index contributed by atoms with van der Waals surface area (Å²) in [6.45, 7) is 9.87. The predicted octanol–water partition coefficient (Wildman–Crippen LogP) is 0.912. The number of carbonyl (C=O) groups excluding carboxylic acids is 2. The van der Waals surface area contributed by atoms with Crippen molar-refractivity contribution in [3.05, 3.63) is 0 Å². The van der Waals surface area contributed by atoms with E-state index in [0.717, 1.165) is 0 Å². The van der Waals surface area contributed by atoms with E-state index < -0.39 is 5.54 Å². The molecular weight excluding hydrogens is 192 g/mol. The van der Waals surface area contributed by atoms with Gasteiger partial charge in [0, 0.05) is 25.4 Å². The van der Waals surface area contributed by atoms with E-state index in [1.54, 1.807) is 11.8 Å². The van der Waals surface area contributed by atoms with Crippen molar-refractivity contribution >= 4 is 11.8 Å². The first-order chi connectivity index (χ1) is 6.67. The molecule has 0 bridgehead atoms. The molecule has 1 aliphatic heterocycles. The van der Waals surface area contributed by atoms with Crippen LogP contribution in [0.15, 0.2) is 0 Å². The first kappa shape index (κ1) is 12.0. The molecule has 4 heteroatoms. The van der Waals surface area contributed by atoms with Gasteiger partial charge in [-0.25, -0.2) is 0 Å². The molecule has 1 N–H and O–H groups in total. The van der Waals surface area contributed by atoms with E-state index in [1.165, 1.54) is 0 Å². The molecule has 0 aromatic rings. The van der Waals surface area contributed by atoms with Crippen LogP contribution in [0.4, 0.5) is 0 Å². The van der Waals surface area contributed by atoms with Crippen LogP contribution in [0.2, 0.25) is 0 Å². The Bertz CT molecular complexity index is 295. The van der Waals surface area contributed by atoms with Crippen molar-refractivity contribution in [3.63, 3.8) is 0 Å². The second-order valence-electron chi connectivity index (χ2n) is 5.43. The average Bonchev–Trinajstić information content (AvgIpc) is 2.03. The number of hydrogen-bond donors (Lipinski definition) is 1. The molecule has 1 rings (SSSR count). The van der Waals surface area contributed by atoms with Crippen LogP contribution in [-0.2, 0) is 9.59 Å². The minimum absolute atomic E-state index is 0.0109. The molecule has 0 saturated carbocycles. The van der Waals surface area contributed by atoms with Gasteiger partial charge in [0.25, 0.3) is 0 Å². The van der Waals surface area contributed by atoms with E-state index in [-0.39, 0.29) is 17.4 Å². The van der Waals surface area contributed by atoms with Crippen molar-refractivity contribution in [2.24, 2.45) is 0 Å². The predicted molar refractivity (Wildman–Crippen MR) is 58.3 cm³/mol. The lowest BCUT2D eigenvalue weighted by atomic mass is 9.92. The van der Waals surface area contributed by atoms with E-state index >= 15 is 0 Å². The van der Waals surface area contributed by atoms with E-state index in [1.807, 2.05) is 27.7 Å². The zero-order valence-electron chi connectivity index (χ0n) is 10.2. The lowest BCUT2D eigenvalue weighted by Gasteiger charge is -2.45. The van der Waals surface area contributed by atoms with Crippen LogP contribution in [0.1, 0.15) is 41.0 Å². The highest BCUT2D eigenvalue weighted by atomic mass is 16.2. The fourth-order valence-corrected chi connectivity index (χ4v) is 2.60. The molecular formula is C11H20N2O2. The van der Waals surface area contributed by atoms with Crippen molar-refractivity contribution in [3.8, 4) is 0 Å². The van der Waals surface area contributed by atoms with E-state index in [2.05, 4.69) is 5.32 Å². The van der Waals surface area contributed by atoms with Crippen LogP contribution in [0.25, 0.3) is 0 Å². The molecule has 0 atom stereocenters. The minimum Gasteiger partial charge on any atom is -0.354 e. The maximum atomic E-state index is 11.7. The standard InChI is InChI=1S/C11H20N2O2/c1-8(14)13-10(2,3)6-9(15)12-7-11(13,4)5/h6-7H2,1-5H3,(H,12,15). The van der Waals surface area contributed by atoms with Crippen molar-refractivity contribution in [2.75, 3.05) is 6.54 Å². The van der Waals surface area contributed by atoms with Crippen molar-refractivity contribution < 1.29 is 9.59 Å². The summed E-state index contributed by atoms with van der Waals surface area (Å²) in [5.41, 5.74) is -0.753. The highest BCUT2D eigenvalue weighted by Crippen LogP contribution is 2.30. The molecule has 1 fully saturated rings. The van der Waals surface area contributed by atoms with Crippen LogP contribution in [-0.4, -0.2) is 34.3 Å². The number of carbonyl (C=O) groups is 2. The van der Waals surface area contributed by atoms with E-state index in [4.69, 9.17) is 0 Å². The molecule has 0 aromatic heterocycles. The lowest BCUT2D eigenvalue weighted by molar-refractivity contribution is -0.141. The smallest absolute Gasteiger partial charge is 0.222 e. The Morgan fingerprint density at radius 1 is 1.27 bits per heavy atom. The van der Waals surface area contributed by atoms with Gasteiger partial charge in [-0.1, -0.05) is 0 Å². The normalized spacial score (nSPS) is 24.3. The zero-order valence-corrected chi connectivity index (χ0v) is 10.2. The lowest BCUT2D eigenvalue weighted by Crippen LogP contribution is -2.58. The third kappa shape index (κ3) is 2.30. The maximum absolute atomic E-state index is 11.7. The Hall–Kier alpha value is -1.06. The summed E-state index contributed by atoms with van der Waals surface area (Å²) in [5.74, 6) is 0.0262. The third-order valence-electron chi connectivity index (χ3n) is 2.84. The molecule has 0 unspecified atom stereocenters. The van der Waals surface area contributed by atoms with Gasteiger partial charge in [-0.3, -0.25) is 9.59 Å². The fourth-order valence-electron chi connectivity index (χ4n) is 2.60. The highest BCUT2D eigenvalue weighted by Gasteiger charge is 2.43. The maximum Gasteiger partial charge on any atom is 0.222 e. The third-order valence-corrected chi connectivity index (χ3v) is 2.84. The summed E-state index contributed by atoms with van der Waals surface area (Å²) in [5, 5.41) is 2.84. The zero-order chi connectivity index (χ0) is 11.9. The van der Waals surface area contributed by atoms with Crippen LogP contribution in [0.3, 0.4) is 0 Å². The average molecular weight is 212 g/mol. The van der Waals surface area contributed by atoms with E-state index in [0.29, 0.717) is 13.0 Å². The highest BCUT2D eigenvalue weighted by molar-refractivity contribution is 5.81. The van der Waals surface area contributed by atoms with Gasteiger partial charge >= 0.3 is 0 Å². The fraction of sp³-hybridized carbons (Fsp3) is 0.818. The van der Waals surface area contributed by atoms with Crippen molar-refractivity contribution in [2.45, 2.75) is 52.1 Å². The van der Waals surface area contributed by atoms with Gasteiger partial charge in [0.05, 0.1) is 5.54 Å². The summed E-state index contributed by atoms with van der Waals surface area (Å²) in [7, 11) is 0. The minimum atomic E-state index is -0.421. The van der Waals surface area contributed by atoms with Gasteiger partial charge in [-0.2, -0.15) is 0 Å². The second-order valence-corrected chi connectivity index (χ2v) is 5.43. The van der Waals surface area contributed by atoms with Gasteiger partial charge in [0.15, 0.2) is 0 Å². The first-order valence-corrected chi connectivity index (χ1v) is 5.24. The Morgan fingerprint density at radius 2 is 1.80 bits per heavy atom. The number of nitrogens with zero attached hydrogens (tertiary/aromatic N) is 1. The number of nitrogens with one attached hydrogen (secondary N) is 1. The van der Waals surface area contributed by atoms with Crippen LogP contribution >= 0.6 is 0 Å². The second kappa shape index (κ2) is 3.51. The summed E-state index contributed by atoms with van der Waals surface area (Å²) < 4.78 is 0. The molecule has 1 heterocycles. The van der Waals surface area contributed by atoms with Crippen molar-refractivity contribution in [1.29, 1.82) is 0 Å². The van der Waals surface area contributed by atoms with Gasteiger partial charge in [-0.05, 0) is 27.7 Å². The molecule has 4 nitrogen and oxygen atoms in total.